The van der Waals surface area contributed by atoms with Crippen LogP contribution < -0.4 is 24.8 Å². The summed E-state index contributed by atoms with van der Waals surface area (Å²) in [7, 11) is 0. The number of aryl methyl sites for hydroxylation is 2. The van der Waals surface area contributed by atoms with Crippen molar-refractivity contribution in [2.45, 2.75) is 110 Å². The quantitative estimate of drug-likeness (QED) is 0.348. The van der Waals surface area contributed by atoms with Crippen molar-refractivity contribution >= 4 is 11.8 Å². The summed E-state index contributed by atoms with van der Waals surface area (Å²) in [5.74, 6) is 1.53. The molecule has 38 heavy (non-hydrogen) atoms. The van der Waals surface area contributed by atoms with E-state index < -0.39 is 0 Å². The van der Waals surface area contributed by atoms with E-state index in [1.165, 1.54) is 22.3 Å². The minimum Gasteiger partial charge on any atom is -1.00 e. The second-order valence-electron chi connectivity index (χ2n) is 9.99. The molecule has 0 amide bonds. The van der Waals surface area contributed by atoms with Crippen molar-refractivity contribution in [3.05, 3.63) is 70.8 Å². The Balaban J connectivity index is 0.00000241. The molecule has 2 aromatic rings. The predicted octanol–water partition coefficient (Wildman–Crippen LogP) is 1.96. The summed E-state index contributed by atoms with van der Waals surface area (Å²) in [4.78, 5) is 10.1. The summed E-state index contributed by atoms with van der Waals surface area (Å²) in [6.07, 6.45) is 9.34. The standard InChI is InChI=1S/C31H42N2O2.2ClH.Ni/c1-5-11-22-15-9-17-24(19-22)30-26(13-7-3)34-28(32-30)21-29-33-31(27(35-29)14-8-4)25-18-10-16-23(20-25)12-6-2;;;/h9-10,15-20,26-27,30-31H,5-8,11-14,21H2,1-4H3;2*1H;/q;;;+2/p-2/t26?,27?,30-,31-;;;/m1.../s1. The maximum absolute atomic E-state index is 6.41. The van der Waals surface area contributed by atoms with Crippen molar-refractivity contribution in [3.63, 3.8) is 0 Å². The van der Waals surface area contributed by atoms with E-state index in [9.17, 15) is 0 Å². The van der Waals surface area contributed by atoms with Crippen molar-refractivity contribution in [3.8, 4) is 0 Å². The van der Waals surface area contributed by atoms with Crippen molar-refractivity contribution in [1.82, 2.24) is 0 Å². The molecule has 4 atom stereocenters. The monoisotopic (exact) mass is 602 g/mol. The molecular formula is C31H42Cl2N2NiO2. The van der Waals surface area contributed by atoms with Crippen molar-refractivity contribution in [1.29, 1.82) is 0 Å². The minimum atomic E-state index is 0. The van der Waals surface area contributed by atoms with E-state index in [-0.39, 0.29) is 65.6 Å². The number of hydrogen-bond donors (Lipinski definition) is 0. The molecule has 0 radical (unpaired) electrons. The molecule has 0 aliphatic carbocycles. The van der Waals surface area contributed by atoms with Crippen LogP contribution >= 0.6 is 0 Å². The zero-order chi connectivity index (χ0) is 24.6. The van der Waals surface area contributed by atoms with Gasteiger partial charge in [0.1, 0.15) is 24.3 Å². The second kappa shape index (κ2) is 17.2. The summed E-state index contributed by atoms with van der Waals surface area (Å²) < 4.78 is 12.8. The fourth-order valence-corrected chi connectivity index (χ4v) is 5.34. The molecule has 7 heteroatoms. The number of ether oxygens (including phenoxy) is 2. The number of aliphatic imine (C=N–C) groups is 2. The number of nitrogens with zero attached hydrogens (tertiary/aromatic N) is 2. The number of hydrogen-bond acceptors (Lipinski definition) is 4. The molecule has 2 aliphatic rings. The van der Waals surface area contributed by atoms with Crippen LogP contribution in [0.4, 0.5) is 0 Å². The second-order valence-corrected chi connectivity index (χ2v) is 9.99. The zero-order valence-electron chi connectivity index (χ0n) is 23.1. The normalized spacial score (nSPS) is 21.7. The summed E-state index contributed by atoms with van der Waals surface area (Å²) >= 11 is 0. The molecule has 2 unspecified atom stereocenters. The Morgan fingerprint density at radius 3 is 1.42 bits per heavy atom. The van der Waals surface area contributed by atoms with Gasteiger partial charge in [-0.1, -0.05) is 102 Å². The van der Waals surface area contributed by atoms with E-state index in [0.717, 1.165) is 63.2 Å². The van der Waals surface area contributed by atoms with Gasteiger partial charge < -0.3 is 34.3 Å². The molecule has 0 bridgehead atoms. The molecule has 0 saturated carbocycles. The molecule has 4 nitrogen and oxygen atoms in total. The number of benzene rings is 2. The Morgan fingerprint density at radius 1 is 0.632 bits per heavy atom. The Kier molecular flexibility index (Phi) is 15.6. The van der Waals surface area contributed by atoms with Crippen LogP contribution in [0.25, 0.3) is 0 Å². The Bertz CT molecular complexity index is 965. The van der Waals surface area contributed by atoms with Gasteiger partial charge in [-0.25, -0.2) is 9.98 Å². The third kappa shape index (κ3) is 8.73. The topological polar surface area (TPSA) is 43.2 Å². The molecule has 0 aromatic heterocycles. The number of halogens is 2. The smallest absolute Gasteiger partial charge is 1.00 e. The predicted molar refractivity (Wildman–Crippen MR) is 145 cm³/mol. The van der Waals surface area contributed by atoms with Gasteiger partial charge in [0.2, 0.25) is 0 Å². The largest absolute Gasteiger partial charge is 2.00 e. The van der Waals surface area contributed by atoms with Gasteiger partial charge in [0, 0.05) is 0 Å². The minimum absolute atomic E-state index is 0. The molecule has 2 aromatic carbocycles. The van der Waals surface area contributed by atoms with Crippen LogP contribution in [0.3, 0.4) is 0 Å². The SMILES string of the molecule is CCCc1cccc([C@H]2N=C(CC3=N[C@H](c4cccc(CCC)c4)C(CCC)O3)OC2CCC)c1.[Cl-].[Cl-].[Ni+2]. The van der Waals surface area contributed by atoms with Crippen LogP contribution in [0, 0.1) is 0 Å². The molecule has 212 valence electrons. The molecule has 0 N–H and O–H groups in total. The first-order chi connectivity index (χ1) is 17.1. The fourth-order valence-electron chi connectivity index (χ4n) is 5.34. The average molecular weight is 604 g/mol. The average Bonchev–Trinajstić information content (AvgIpc) is 3.44. The van der Waals surface area contributed by atoms with Gasteiger partial charge in [-0.05, 0) is 47.9 Å². The van der Waals surface area contributed by atoms with Crippen molar-refractivity contribution < 1.29 is 50.8 Å². The maximum Gasteiger partial charge on any atom is 2.00 e. The van der Waals surface area contributed by atoms with Gasteiger partial charge >= 0.3 is 16.5 Å². The summed E-state index contributed by atoms with van der Waals surface area (Å²) in [6.45, 7) is 8.87. The third-order valence-corrected chi connectivity index (χ3v) is 6.96. The molecule has 0 saturated heterocycles. The van der Waals surface area contributed by atoms with E-state index in [0.29, 0.717) is 6.42 Å². The van der Waals surface area contributed by atoms with Crippen LogP contribution in [0.15, 0.2) is 58.5 Å². The summed E-state index contributed by atoms with van der Waals surface area (Å²) in [6, 6.07) is 17.9. The van der Waals surface area contributed by atoms with Crippen LogP contribution in [-0.2, 0) is 38.8 Å². The van der Waals surface area contributed by atoms with Crippen molar-refractivity contribution in [2.24, 2.45) is 9.98 Å². The molecule has 2 aliphatic heterocycles. The van der Waals surface area contributed by atoms with Gasteiger partial charge in [0.05, 0.1) is 6.42 Å². The molecule has 0 spiro atoms. The van der Waals surface area contributed by atoms with E-state index >= 15 is 0 Å². The van der Waals surface area contributed by atoms with Gasteiger partial charge in [0.25, 0.3) is 0 Å². The summed E-state index contributed by atoms with van der Waals surface area (Å²) in [5.41, 5.74) is 5.27. The van der Waals surface area contributed by atoms with Gasteiger partial charge in [-0.3, -0.25) is 0 Å². The fraction of sp³-hybridized carbons (Fsp3) is 0.548. The van der Waals surface area contributed by atoms with E-state index in [1.54, 1.807) is 0 Å². The van der Waals surface area contributed by atoms with Crippen LogP contribution in [-0.4, -0.2) is 24.0 Å². The van der Waals surface area contributed by atoms with E-state index in [1.807, 2.05) is 0 Å². The van der Waals surface area contributed by atoms with E-state index in [4.69, 9.17) is 19.5 Å². The Labute approximate surface area is 252 Å². The van der Waals surface area contributed by atoms with Crippen LogP contribution in [0.5, 0.6) is 0 Å². The Hall–Kier alpha value is -1.55. The van der Waals surface area contributed by atoms with E-state index in [2.05, 4.69) is 76.2 Å². The first-order valence-electron chi connectivity index (χ1n) is 13.8. The summed E-state index contributed by atoms with van der Waals surface area (Å²) in [5, 5.41) is 0. The first-order valence-corrected chi connectivity index (χ1v) is 13.8. The molecular weight excluding hydrogens is 562 g/mol. The van der Waals surface area contributed by atoms with Crippen LogP contribution in [0.1, 0.15) is 107 Å². The Morgan fingerprint density at radius 2 is 1.05 bits per heavy atom. The maximum atomic E-state index is 6.41. The van der Waals surface area contributed by atoms with Crippen molar-refractivity contribution in [2.75, 3.05) is 0 Å². The molecule has 2 heterocycles. The van der Waals surface area contributed by atoms with Gasteiger partial charge in [0.15, 0.2) is 11.8 Å². The zero-order valence-corrected chi connectivity index (χ0v) is 25.6. The van der Waals surface area contributed by atoms with Gasteiger partial charge in [-0.2, -0.15) is 0 Å². The first kappa shape index (κ1) is 34.5. The molecule has 4 rings (SSSR count). The number of rotatable bonds is 12. The molecule has 0 fully saturated rings. The third-order valence-electron chi connectivity index (χ3n) is 6.96. The van der Waals surface area contributed by atoms with Crippen LogP contribution in [0.2, 0.25) is 0 Å². The van der Waals surface area contributed by atoms with Gasteiger partial charge in [-0.15, -0.1) is 0 Å².